The van der Waals surface area contributed by atoms with E-state index in [1.165, 1.54) is 18.2 Å². The Bertz CT molecular complexity index is 1070. The number of anilines is 1. The molecule has 0 atom stereocenters. The van der Waals surface area contributed by atoms with Gasteiger partial charge in [-0.25, -0.2) is 8.42 Å². The molecule has 3 rings (SSSR count). The topological polar surface area (TPSA) is 89.3 Å². The van der Waals surface area contributed by atoms with E-state index in [1.807, 2.05) is 6.92 Å². The predicted octanol–water partition coefficient (Wildman–Crippen LogP) is 4.17. The fraction of sp³-hybridized carbons (Fsp3) is 0.111. The summed E-state index contributed by atoms with van der Waals surface area (Å²) in [6.45, 7) is 3.52. The Hall–Kier alpha value is -2.93. The Morgan fingerprint density at radius 3 is 2.16 bits per heavy atom. The van der Waals surface area contributed by atoms with Crippen molar-refractivity contribution in [1.82, 2.24) is 0 Å². The monoisotopic (exact) mass is 356 g/mol. The second kappa shape index (κ2) is 6.18. The fourth-order valence-electron chi connectivity index (χ4n) is 2.69. The van der Waals surface area contributed by atoms with Gasteiger partial charge in [-0.1, -0.05) is 35.9 Å². The maximum atomic E-state index is 12.7. The summed E-state index contributed by atoms with van der Waals surface area (Å²) in [5.41, 5.74) is 1.74. The van der Waals surface area contributed by atoms with E-state index in [0.717, 1.165) is 5.56 Å². The first-order valence-electron chi connectivity index (χ1n) is 7.56. The zero-order chi connectivity index (χ0) is 18.2. The van der Waals surface area contributed by atoms with Gasteiger partial charge in [-0.05, 0) is 37.6 Å². The molecule has 3 aromatic carbocycles. The molecule has 0 aliphatic rings. The third-order valence-electron chi connectivity index (χ3n) is 3.98. The van der Waals surface area contributed by atoms with Crippen LogP contribution in [0.4, 0.5) is 11.4 Å². The van der Waals surface area contributed by atoms with Crippen LogP contribution in [0, 0.1) is 24.0 Å². The van der Waals surface area contributed by atoms with Crippen molar-refractivity contribution < 1.29 is 13.3 Å². The minimum absolute atomic E-state index is 0.0496. The molecule has 0 unspecified atom stereocenters. The van der Waals surface area contributed by atoms with Gasteiger partial charge in [-0.2, -0.15) is 0 Å². The molecule has 128 valence electrons. The predicted molar refractivity (Wildman–Crippen MR) is 97.3 cm³/mol. The van der Waals surface area contributed by atoms with Gasteiger partial charge in [0.1, 0.15) is 0 Å². The summed E-state index contributed by atoms with van der Waals surface area (Å²) in [6.07, 6.45) is 0. The summed E-state index contributed by atoms with van der Waals surface area (Å²) in [5.74, 6) is 0. The van der Waals surface area contributed by atoms with Crippen LogP contribution in [0.2, 0.25) is 0 Å². The lowest BCUT2D eigenvalue weighted by molar-refractivity contribution is -0.383. The van der Waals surface area contributed by atoms with Crippen LogP contribution in [-0.2, 0) is 10.0 Å². The molecule has 25 heavy (non-hydrogen) atoms. The van der Waals surface area contributed by atoms with Gasteiger partial charge in [0.05, 0.1) is 20.9 Å². The number of nitrogens with zero attached hydrogens (tertiary/aromatic N) is 1. The number of sulfonamides is 1. The molecule has 1 N–H and O–H groups in total. The van der Waals surface area contributed by atoms with Gasteiger partial charge >= 0.3 is 0 Å². The van der Waals surface area contributed by atoms with Crippen molar-refractivity contribution in [2.75, 3.05) is 4.72 Å². The summed E-state index contributed by atoms with van der Waals surface area (Å²) >= 11 is 0. The van der Waals surface area contributed by atoms with Crippen molar-refractivity contribution in [3.8, 4) is 0 Å². The van der Waals surface area contributed by atoms with Gasteiger partial charge < -0.3 is 0 Å². The molecular formula is C18H16N2O4S. The maximum Gasteiger partial charge on any atom is 0.277 e. The molecule has 0 aliphatic heterocycles. The summed E-state index contributed by atoms with van der Waals surface area (Å²) < 4.78 is 27.9. The number of hydrogen-bond acceptors (Lipinski definition) is 4. The highest BCUT2D eigenvalue weighted by Crippen LogP contribution is 2.35. The lowest BCUT2D eigenvalue weighted by atomic mass is 10.0. The molecule has 0 spiro atoms. The molecule has 0 saturated carbocycles. The highest BCUT2D eigenvalue weighted by atomic mass is 32.2. The van der Waals surface area contributed by atoms with Gasteiger partial charge in [0.25, 0.3) is 15.7 Å². The zero-order valence-electron chi connectivity index (χ0n) is 13.7. The van der Waals surface area contributed by atoms with Gasteiger partial charge in [-0.3, -0.25) is 14.8 Å². The van der Waals surface area contributed by atoms with Crippen molar-refractivity contribution in [3.63, 3.8) is 0 Å². The van der Waals surface area contributed by atoms with Gasteiger partial charge in [-0.15, -0.1) is 0 Å². The van der Waals surface area contributed by atoms with Gasteiger partial charge in [0.15, 0.2) is 0 Å². The molecule has 7 heteroatoms. The van der Waals surface area contributed by atoms with Crippen LogP contribution in [-0.4, -0.2) is 13.3 Å². The lowest BCUT2D eigenvalue weighted by Gasteiger charge is -2.14. The quantitative estimate of drug-likeness (QED) is 0.561. The molecule has 0 bridgehead atoms. The van der Waals surface area contributed by atoms with E-state index in [1.54, 1.807) is 43.3 Å². The molecule has 3 aromatic rings. The van der Waals surface area contributed by atoms with Crippen molar-refractivity contribution >= 4 is 32.2 Å². The van der Waals surface area contributed by atoms with Crippen LogP contribution < -0.4 is 4.72 Å². The van der Waals surface area contributed by atoms with Crippen LogP contribution in [0.5, 0.6) is 0 Å². The number of nitro benzene ring substituents is 1. The van der Waals surface area contributed by atoms with E-state index >= 15 is 0 Å². The average molecular weight is 356 g/mol. The molecule has 0 amide bonds. The summed E-state index contributed by atoms with van der Waals surface area (Å²) in [7, 11) is -3.80. The second-order valence-electron chi connectivity index (χ2n) is 5.81. The molecule has 0 aromatic heterocycles. The number of nitrogens with one attached hydrogen (secondary N) is 1. The van der Waals surface area contributed by atoms with Crippen molar-refractivity contribution in [2.24, 2.45) is 0 Å². The number of nitro groups is 1. The maximum absolute atomic E-state index is 12.7. The number of hydrogen-bond donors (Lipinski definition) is 1. The number of aryl methyl sites for hydroxylation is 2. The Kier molecular flexibility index (Phi) is 4.18. The molecule has 0 saturated heterocycles. The molecule has 6 nitrogen and oxygen atoms in total. The van der Waals surface area contributed by atoms with Crippen LogP contribution in [0.3, 0.4) is 0 Å². The third kappa shape index (κ3) is 3.18. The van der Waals surface area contributed by atoms with Crippen LogP contribution in [0.25, 0.3) is 10.8 Å². The Labute approximate surface area is 145 Å². The van der Waals surface area contributed by atoms with Gasteiger partial charge in [0, 0.05) is 11.5 Å². The van der Waals surface area contributed by atoms with Crippen molar-refractivity contribution in [2.45, 2.75) is 18.7 Å². The molecule has 0 heterocycles. The summed E-state index contributed by atoms with van der Waals surface area (Å²) in [5, 5.41) is 12.2. The first-order valence-corrected chi connectivity index (χ1v) is 9.04. The van der Waals surface area contributed by atoms with Gasteiger partial charge in [0.2, 0.25) is 0 Å². The Balaban J connectivity index is 2.16. The van der Waals surface area contributed by atoms with Crippen LogP contribution in [0.1, 0.15) is 11.1 Å². The fourth-order valence-corrected chi connectivity index (χ4v) is 3.84. The number of benzene rings is 3. The molecule has 0 fully saturated rings. The van der Waals surface area contributed by atoms with E-state index < -0.39 is 14.9 Å². The number of fused-ring (bicyclic) bond motifs is 1. The van der Waals surface area contributed by atoms with Crippen LogP contribution >= 0.6 is 0 Å². The zero-order valence-corrected chi connectivity index (χ0v) is 14.5. The largest absolute Gasteiger partial charge is 0.279 e. The highest BCUT2D eigenvalue weighted by Gasteiger charge is 2.21. The number of non-ortho nitro benzene ring substituents is 1. The van der Waals surface area contributed by atoms with E-state index in [4.69, 9.17) is 0 Å². The first kappa shape index (κ1) is 16.9. The third-order valence-corrected chi connectivity index (χ3v) is 5.35. The van der Waals surface area contributed by atoms with Crippen LogP contribution in [0.15, 0.2) is 59.5 Å². The standard InChI is InChI=1S/C18H16N2O4S/c1-12-7-9-14(10-8-12)25(23,24)19-18-13(2)11-17(20(21)22)15-5-3-4-6-16(15)18/h3-11,19H,1-2H3. The molecule has 0 radical (unpaired) electrons. The van der Waals surface area contributed by atoms with Crippen molar-refractivity contribution in [3.05, 3.63) is 75.8 Å². The Morgan fingerprint density at radius 2 is 1.56 bits per heavy atom. The van der Waals surface area contributed by atoms with E-state index in [-0.39, 0.29) is 10.6 Å². The van der Waals surface area contributed by atoms with Crippen molar-refractivity contribution in [1.29, 1.82) is 0 Å². The van der Waals surface area contributed by atoms with E-state index in [0.29, 0.717) is 22.0 Å². The molecule has 0 aliphatic carbocycles. The minimum Gasteiger partial charge on any atom is -0.279 e. The summed E-state index contributed by atoms with van der Waals surface area (Å²) in [4.78, 5) is 11.0. The minimum atomic E-state index is -3.80. The molecular weight excluding hydrogens is 340 g/mol. The lowest BCUT2D eigenvalue weighted by Crippen LogP contribution is -2.14. The average Bonchev–Trinajstić information content (AvgIpc) is 2.57. The first-order chi connectivity index (χ1) is 11.8. The smallest absolute Gasteiger partial charge is 0.277 e. The number of rotatable bonds is 4. The normalized spacial score (nSPS) is 11.4. The summed E-state index contributed by atoms with van der Waals surface area (Å²) in [6, 6.07) is 14.6. The SMILES string of the molecule is Cc1ccc(S(=O)(=O)Nc2c(C)cc([N+](=O)[O-])c3ccccc23)cc1. The van der Waals surface area contributed by atoms with E-state index in [9.17, 15) is 18.5 Å². The highest BCUT2D eigenvalue weighted by molar-refractivity contribution is 7.92. The second-order valence-corrected chi connectivity index (χ2v) is 7.49. The Morgan fingerprint density at radius 1 is 0.960 bits per heavy atom. The van der Waals surface area contributed by atoms with E-state index in [2.05, 4.69) is 4.72 Å².